The third kappa shape index (κ3) is 1.16. The van der Waals surface area contributed by atoms with Crippen LogP contribution in [-0.2, 0) is 9.59 Å². The Hall–Kier alpha value is -1.12. The lowest BCUT2D eigenvalue weighted by molar-refractivity contribution is -0.144. The molecule has 7 atom stereocenters. The lowest BCUT2D eigenvalue weighted by Gasteiger charge is -2.31. The van der Waals surface area contributed by atoms with Crippen LogP contribution in [0.3, 0.4) is 0 Å². The van der Waals surface area contributed by atoms with Crippen LogP contribution in [0.1, 0.15) is 32.1 Å². The van der Waals surface area contributed by atoms with Crippen LogP contribution in [0, 0.1) is 35.5 Å². The van der Waals surface area contributed by atoms with Crippen molar-refractivity contribution >= 4 is 11.8 Å². The van der Waals surface area contributed by atoms with Gasteiger partial charge in [0.05, 0.1) is 11.8 Å². The normalized spacial score (nSPS) is 53.7. The van der Waals surface area contributed by atoms with Gasteiger partial charge in [-0.15, -0.1) is 0 Å². The van der Waals surface area contributed by atoms with Crippen molar-refractivity contribution in [1.29, 1.82) is 0 Å². The Morgan fingerprint density at radius 3 is 2.11 bits per heavy atom. The molecule has 5 aliphatic rings. The van der Waals surface area contributed by atoms with E-state index in [1.807, 2.05) is 0 Å². The summed E-state index contributed by atoms with van der Waals surface area (Å²) < 4.78 is 0. The average Bonchev–Trinajstić information content (AvgIpc) is 3.16. The summed E-state index contributed by atoms with van der Waals surface area (Å²) in [5.74, 6) is 2.45. The third-order valence-corrected chi connectivity index (χ3v) is 6.54. The summed E-state index contributed by atoms with van der Waals surface area (Å²) in [5, 5.41) is 0. The highest BCUT2D eigenvalue weighted by atomic mass is 16.2. The first-order valence-corrected chi connectivity index (χ1v) is 7.79. The molecule has 0 radical (unpaired) electrons. The SMILES string of the molecule is O=C1[C@@H]2[C@H](C(=O)N1[C@H]1C[C@H]3CC[C@H]1C3)[C@H]1C=C[C@H]2C1. The Bertz CT molecular complexity index is 481. The molecule has 0 aromatic rings. The molecule has 2 amide bonds. The summed E-state index contributed by atoms with van der Waals surface area (Å²) in [6, 6.07) is 0.253. The van der Waals surface area contributed by atoms with Gasteiger partial charge in [-0.1, -0.05) is 18.6 Å². The van der Waals surface area contributed by atoms with Crippen LogP contribution >= 0.6 is 0 Å². The summed E-state index contributed by atoms with van der Waals surface area (Å²) >= 11 is 0. The molecule has 4 aliphatic carbocycles. The number of allylic oxidation sites excluding steroid dienone is 2. The fourth-order valence-corrected chi connectivity index (χ4v) is 5.78. The second kappa shape index (κ2) is 3.31. The van der Waals surface area contributed by atoms with Crippen LogP contribution in [-0.4, -0.2) is 22.8 Å². The summed E-state index contributed by atoms with van der Waals surface area (Å²) in [4.78, 5) is 27.2. The molecule has 0 aromatic carbocycles. The first-order valence-electron chi connectivity index (χ1n) is 7.79. The van der Waals surface area contributed by atoms with E-state index >= 15 is 0 Å². The number of rotatable bonds is 1. The Balaban J connectivity index is 1.50. The molecule has 0 N–H and O–H groups in total. The molecule has 19 heavy (non-hydrogen) atoms. The molecule has 0 aromatic heterocycles. The zero-order valence-corrected chi connectivity index (χ0v) is 11.0. The number of fused-ring (bicyclic) bond motifs is 7. The second-order valence-electron chi connectivity index (χ2n) is 7.29. The van der Waals surface area contributed by atoms with E-state index in [-0.39, 0.29) is 29.7 Å². The van der Waals surface area contributed by atoms with E-state index in [4.69, 9.17) is 0 Å². The van der Waals surface area contributed by atoms with Gasteiger partial charge in [-0.05, 0) is 49.4 Å². The Kier molecular flexibility index (Phi) is 1.85. The predicted molar refractivity (Wildman–Crippen MR) is 68.8 cm³/mol. The van der Waals surface area contributed by atoms with Crippen LogP contribution < -0.4 is 0 Å². The van der Waals surface area contributed by atoms with Gasteiger partial charge in [-0.3, -0.25) is 14.5 Å². The number of likely N-dealkylation sites (tertiary alicyclic amines) is 1. The van der Waals surface area contributed by atoms with Gasteiger partial charge < -0.3 is 0 Å². The van der Waals surface area contributed by atoms with Crippen molar-refractivity contribution in [3.8, 4) is 0 Å². The Morgan fingerprint density at radius 1 is 0.895 bits per heavy atom. The maximum atomic E-state index is 12.7. The topological polar surface area (TPSA) is 37.4 Å². The van der Waals surface area contributed by atoms with Crippen LogP contribution in [0.15, 0.2) is 12.2 Å². The standard InChI is InChI=1S/C16H19NO2/c18-15-13-10-3-4-11(7-10)14(13)16(19)17(15)12-6-8-1-2-9(12)5-8/h3-4,8-14H,1-2,5-7H2/t8-,9-,10-,11-,12-,13-,14+/m0/s1. The van der Waals surface area contributed by atoms with E-state index in [1.54, 1.807) is 4.90 Å². The molecule has 1 saturated heterocycles. The molecule has 1 aliphatic heterocycles. The highest BCUT2D eigenvalue weighted by Crippen LogP contribution is 2.55. The fraction of sp³-hybridized carbons (Fsp3) is 0.750. The van der Waals surface area contributed by atoms with Crippen LogP contribution in [0.25, 0.3) is 0 Å². The molecule has 1 heterocycles. The lowest BCUT2D eigenvalue weighted by atomic mass is 9.85. The van der Waals surface area contributed by atoms with Crippen molar-refractivity contribution in [2.24, 2.45) is 35.5 Å². The zero-order chi connectivity index (χ0) is 12.7. The van der Waals surface area contributed by atoms with Crippen LogP contribution in [0.2, 0.25) is 0 Å². The quantitative estimate of drug-likeness (QED) is 0.532. The number of nitrogens with zero attached hydrogens (tertiary/aromatic N) is 1. The van der Waals surface area contributed by atoms with E-state index in [9.17, 15) is 9.59 Å². The maximum absolute atomic E-state index is 12.7. The number of carbonyl (C=O) groups is 2. The summed E-state index contributed by atoms with van der Waals surface area (Å²) in [5.41, 5.74) is 0. The molecule has 0 spiro atoms. The molecule has 4 fully saturated rings. The van der Waals surface area contributed by atoms with E-state index in [2.05, 4.69) is 12.2 Å². The van der Waals surface area contributed by atoms with Gasteiger partial charge in [0.25, 0.3) is 0 Å². The van der Waals surface area contributed by atoms with Gasteiger partial charge in [-0.25, -0.2) is 0 Å². The number of imide groups is 1. The average molecular weight is 257 g/mol. The van der Waals surface area contributed by atoms with Crippen molar-refractivity contribution < 1.29 is 9.59 Å². The smallest absolute Gasteiger partial charge is 0.233 e. The minimum atomic E-state index is 0.00151. The summed E-state index contributed by atoms with van der Waals surface area (Å²) in [6.07, 6.45) is 10.3. The van der Waals surface area contributed by atoms with Gasteiger partial charge in [0.15, 0.2) is 0 Å². The van der Waals surface area contributed by atoms with E-state index in [0.29, 0.717) is 17.8 Å². The number of hydrogen-bond acceptors (Lipinski definition) is 2. The van der Waals surface area contributed by atoms with Crippen molar-refractivity contribution in [3.63, 3.8) is 0 Å². The van der Waals surface area contributed by atoms with Crippen molar-refractivity contribution in [2.75, 3.05) is 0 Å². The molecule has 100 valence electrons. The summed E-state index contributed by atoms with van der Waals surface area (Å²) in [7, 11) is 0. The van der Waals surface area contributed by atoms with Gasteiger partial charge >= 0.3 is 0 Å². The van der Waals surface area contributed by atoms with Crippen LogP contribution in [0.5, 0.6) is 0 Å². The third-order valence-electron chi connectivity index (χ3n) is 6.54. The first kappa shape index (κ1) is 10.6. The molecular weight excluding hydrogens is 238 g/mol. The molecule has 0 unspecified atom stereocenters. The number of hydrogen-bond donors (Lipinski definition) is 0. The molecule has 3 saturated carbocycles. The van der Waals surface area contributed by atoms with E-state index < -0.39 is 0 Å². The van der Waals surface area contributed by atoms with Crippen molar-refractivity contribution in [2.45, 2.75) is 38.1 Å². The fourth-order valence-electron chi connectivity index (χ4n) is 5.78. The van der Waals surface area contributed by atoms with Gasteiger partial charge in [0.2, 0.25) is 11.8 Å². The minimum absolute atomic E-state index is 0.00151. The monoisotopic (exact) mass is 257 g/mol. The molecule has 3 heteroatoms. The highest BCUT2D eigenvalue weighted by Gasteiger charge is 2.61. The molecular formula is C16H19NO2. The minimum Gasteiger partial charge on any atom is -0.279 e. The lowest BCUT2D eigenvalue weighted by Crippen LogP contribution is -2.44. The Morgan fingerprint density at radius 2 is 1.58 bits per heavy atom. The van der Waals surface area contributed by atoms with Crippen LogP contribution in [0.4, 0.5) is 0 Å². The van der Waals surface area contributed by atoms with Gasteiger partial charge in [-0.2, -0.15) is 0 Å². The number of carbonyl (C=O) groups excluding carboxylic acids is 2. The summed E-state index contributed by atoms with van der Waals surface area (Å²) in [6.45, 7) is 0. The number of amides is 2. The second-order valence-corrected chi connectivity index (χ2v) is 7.29. The zero-order valence-electron chi connectivity index (χ0n) is 11.0. The van der Waals surface area contributed by atoms with Crippen molar-refractivity contribution in [1.82, 2.24) is 4.90 Å². The predicted octanol–water partition coefficient (Wildman–Crippen LogP) is 1.98. The molecule has 3 nitrogen and oxygen atoms in total. The van der Waals surface area contributed by atoms with Crippen molar-refractivity contribution in [3.05, 3.63) is 12.2 Å². The van der Waals surface area contributed by atoms with E-state index in [1.165, 1.54) is 19.3 Å². The largest absolute Gasteiger partial charge is 0.279 e. The maximum Gasteiger partial charge on any atom is 0.233 e. The molecule has 5 rings (SSSR count). The first-order chi connectivity index (χ1) is 9.24. The van der Waals surface area contributed by atoms with Gasteiger partial charge in [0.1, 0.15) is 0 Å². The molecule has 4 bridgehead atoms. The highest BCUT2D eigenvalue weighted by molar-refractivity contribution is 6.06. The van der Waals surface area contributed by atoms with Gasteiger partial charge in [0, 0.05) is 6.04 Å². The van der Waals surface area contributed by atoms with E-state index in [0.717, 1.165) is 18.8 Å². The Labute approximate surface area is 113 Å².